The molecule has 1 rings (SSSR count). The number of rotatable bonds is 3. The van der Waals surface area contributed by atoms with Gasteiger partial charge in [-0.3, -0.25) is 0 Å². The average molecular weight is 167 g/mol. The van der Waals surface area contributed by atoms with Crippen LogP contribution in [0.25, 0.3) is 4.91 Å². The molecular weight excluding hydrogens is 154 g/mol. The molecule has 1 aromatic rings. The van der Waals surface area contributed by atoms with E-state index >= 15 is 0 Å². The lowest BCUT2D eigenvalue weighted by Gasteiger charge is -1.98. The molecule has 1 aromatic heterocycles. The van der Waals surface area contributed by atoms with Crippen LogP contribution < -0.4 is 0 Å². The van der Waals surface area contributed by atoms with Crippen molar-refractivity contribution < 1.29 is 0 Å². The van der Waals surface area contributed by atoms with Crippen molar-refractivity contribution in [3.8, 4) is 0 Å². The zero-order valence-electron chi connectivity index (χ0n) is 6.92. The van der Waals surface area contributed by atoms with Gasteiger partial charge in [-0.2, -0.15) is 0 Å². The summed E-state index contributed by atoms with van der Waals surface area (Å²) in [5, 5.41) is 0. The molecule has 60 valence electrons. The van der Waals surface area contributed by atoms with Crippen LogP contribution in [0.4, 0.5) is 0 Å². The highest BCUT2D eigenvalue weighted by atomic mass is 32.2. The number of thioether (sulfide) groups is 1. The molecule has 0 saturated heterocycles. The fourth-order valence-electron chi connectivity index (χ4n) is 0.982. The van der Waals surface area contributed by atoms with Crippen molar-refractivity contribution in [2.75, 3.05) is 6.26 Å². The highest BCUT2D eigenvalue weighted by Crippen LogP contribution is 2.24. The fourth-order valence-corrected chi connectivity index (χ4v) is 1.68. The van der Waals surface area contributed by atoms with Gasteiger partial charge in [0.25, 0.3) is 0 Å². The molecular formula is C9H13NS. The summed E-state index contributed by atoms with van der Waals surface area (Å²) < 4.78 is 0. The Morgan fingerprint density at radius 2 is 2.55 bits per heavy atom. The zero-order valence-corrected chi connectivity index (χ0v) is 7.74. The van der Waals surface area contributed by atoms with Gasteiger partial charge < -0.3 is 4.98 Å². The predicted molar refractivity (Wildman–Crippen MR) is 52.6 cm³/mol. The van der Waals surface area contributed by atoms with Crippen molar-refractivity contribution in [2.45, 2.75) is 13.3 Å². The van der Waals surface area contributed by atoms with Gasteiger partial charge in [0.05, 0.1) is 0 Å². The maximum absolute atomic E-state index is 3.05. The summed E-state index contributed by atoms with van der Waals surface area (Å²) in [4.78, 5) is 4.40. The normalized spacial score (nSPS) is 12.0. The van der Waals surface area contributed by atoms with Gasteiger partial charge in [-0.1, -0.05) is 13.0 Å². The van der Waals surface area contributed by atoms with Crippen molar-refractivity contribution in [3.63, 3.8) is 0 Å². The topological polar surface area (TPSA) is 15.8 Å². The molecule has 0 radical (unpaired) electrons. The third-order valence-corrected chi connectivity index (χ3v) is 2.33. The molecule has 11 heavy (non-hydrogen) atoms. The number of allylic oxidation sites excluding steroid dienone is 1. The lowest BCUT2D eigenvalue weighted by molar-refractivity contribution is 1.23. The summed E-state index contributed by atoms with van der Waals surface area (Å²) in [7, 11) is 0. The third-order valence-electron chi connectivity index (χ3n) is 1.49. The van der Waals surface area contributed by atoms with Crippen LogP contribution in [0, 0.1) is 0 Å². The third kappa shape index (κ3) is 2.15. The molecule has 0 spiro atoms. The minimum absolute atomic E-state index is 1.10. The van der Waals surface area contributed by atoms with Gasteiger partial charge in [-0.15, -0.1) is 11.8 Å². The van der Waals surface area contributed by atoms with Crippen LogP contribution in [0.15, 0.2) is 24.5 Å². The summed E-state index contributed by atoms with van der Waals surface area (Å²) in [5.74, 6) is 0. The number of H-pyrrole nitrogens is 1. The molecule has 0 fully saturated rings. The molecule has 0 aliphatic rings. The van der Waals surface area contributed by atoms with Gasteiger partial charge in [0, 0.05) is 22.9 Å². The first-order valence-corrected chi connectivity index (χ1v) is 4.98. The molecule has 1 N–H and O–H groups in total. The Balaban J connectivity index is 2.79. The Morgan fingerprint density at radius 3 is 3.00 bits per heavy atom. The SMILES string of the molecule is CC/C=C(\SC)c1cc[nH]c1. The Kier molecular flexibility index (Phi) is 3.30. The fraction of sp³-hybridized carbons (Fsp3) is 0.333. The van der Waals surface area contributed by atoms with Gasteiger partial charge in [0.1, 0.15) is 0 Å². The number of aromatic nitrogens is 1. The molecule has 0 saturated carbocycles. The Bertz CT molecular complexity index is 224. The van der Waals surface area contributed by atoms with Crippen LogP contribution in [-0.2, 0) is 0 Å². The Morgan fingerprint density at radius 1 is 1.73 bits per heavy atom. The van der Waals surface area contributed by atoms with Crippen molar-refractivity contribution in [2.24, 2.45) is 0 Å². The largest absolute Gasteiger partial charge is 0.367 e. The zero-order chi connectivity index (χ0) is 8.10. The standard InChI is InChI=1S/C9H13NS/c1-3-4-9(11-2)8-5-6-10-7-8/h4-7,10H,3H2,1-2H3/b9-4-. The van der Waals surface area contributed by atoms with E-state index in [1.807, 2.05) is 12.4 Å². The smallest absolute Gasteiger partial charge is 0.0117 e. The van der Waals surface area contributed by atoms with Gasteiger partial charge in [0.15, 0.2) is 0 Å². The molecule has 0 unspecified atom stereocenters. The number of hydrogen-bond acceptors (Lipinski definition) is 1. The van der Waals surface area contributed by atoms with E-state index in [9.17, 15) is 0 Å². The Hall–Kier alpha value is -0.630. The van der Waals surface area contributed by atoms with Gasteiger partial charge in [-0.25, -0.2) is 0 Å². The van der Waals surface area contributed by atoms with Gasteiger partial charge in [-0.05, 0) is 18.7 Å². The first kappa shape index (κ1) is 8.47. The molecule has 1 heterocycles. The maximum atomic E-state index is 3.05. The van der Waals surface area contributed by atoms with Crippen LogP contribution >= 0.6 is 11.8 Å². The van der Waals surface area contributed by atoms with E-state index in [1.165, 1.54) is 10.5 Å². The summed E-state index contributed by atoms with van der Waals surface area (Å²) in [6, 6.07) is 2.10. The van der Waals surface area contributed by atoms with E-state index in [2.05, 4.69) is 30.3 Å². The molecule has 0 aromatic carbocycles. The second-order valence-corrected chi connectivity index (χ2v) is 3.13. The summed E-state index contributed by atoms with van der Waals surface area (Å²) in [6.07, 6.45) is 9.43. The van der Waals surface area contributed by atoms with Gasteiger partial charge in [0.2, 0.25) is 0 Å². The van der Waals surface area contributed by atoms with E-state index < -0.39 is 0 Å². The minimum atomic E-state index is 1.10. The van der Waals surface area contributed by atoms with E-state index in [0.717, 1.165) is 6.42 Å². The monoisotopic (exact) mass is 167 g/mol. The number of aromatic amines is 1. The molecule has 0 aliphatic carbocycles. The lowest BCUT2D eigenvalue weighted by atomic mass is 10.3. The molecule has 0 bridgehead atoms. The van der Waals surface area contributed by atoms with Crippen molar-refractivity contribution in [1.82, 2.24) is 4.98 Å². The van der Waals surface area contributed by atoms with Crippen LogP contribution in [0.2, 0.25) is 0 Å². The first-order chi connectivity index (χ1) is 5.38. The molecule has 0 aliphatic heterocycles. The van der Waals surface area contributed by atoms with Crippen molar-refractivity contribution in [1.29, 1.82) is 0 Å². The van der Waals surface area contributed by atoms with Crippen LogP contribution in [0.3, 0.4) is 0 Å². The quantitative estimate of drug-likeness (QED) is 0.731. The van der Waals surface area contributed by atoms with Crippen LogP contribution in [0.5, 0.6) is 0 Å². The van der Waals surface area contributed by atoms with Crippen LogP contribution in [-0.4, -0.2) is 11.2 Å². The van der Waals surface area contributed by atoms with E-state index in [-0.39, 0.29) is 0 Å². The average Bonchev–Trinajstić information content (AvgIpc) is 2.52. The van der Waals surface area contributed by atoms with Gasteiger partial charge >= 0.3 is 0 Å². The summed E-state index contributed by atoms with van der Waals surface area (Å²) in [6.45, 7) is 2.16. The second-order valence-electron chi connectivity index (χ2n) is 2.28. The molecule has 0 amide bonds. The Labute approximate surface area is 71.9 Å². The minimum Gasteiger partial charge on any atom is -0.367 e. The molecule has 0 atom stereocenters. The lowest BCUT2D eigenvalue weighted by Crippen LogP contribution is -1.73. The second kappa shape index (κ2) is 4.29. The van der Waals surface area contributed by atoms with E-state index in [0.29, 0.717) is 0 Å². The van der Waals surface area contributed by atoms with E-state index in [4.69, 9.17) is 0 Å². The van der Waals surface area contributed by atoms with Crippen molar-refractivity contribution >= 4 is 16.7 Å². The predicted octanol–water partition coefficient (Wildman–Crippen LogP) is 3.13. The van der Waals surface area contributed by atoms with Crippen LogP contribution in [0.1, 0.15) is 18.9 Å². The molecule has 2 heteroatoms. The first-order valence-electron chi connectivity index (χ1n) is 3.75. The van der Waals surface area contributed by atoms with E-state index in [1.54, 1.807) is 11.8 Å². The number of nitrogens with one attached hydrogen (secondary N) is 1. The maximum Gasteiger partial charge on any atom is 0.0117 e. The van der Waals surface area contributed by atoms with Crippen molar-refractivity contribution in [3.05, 3.63) is 30.1 Å². The highest BCUT2D eigenvalue weighted by Gasteiger charge is 1.97. The summed E-state index contributed by atoms with van der Waals surface area (Å²) in [5.41, 5.74) is 1.29. The summed E-state index contributed by atoms with van der Waals surface area (Å²) >= 11 is 1.79. The highest BCUT2D eigenvalue weighted by molar-refractivity contribution is 8.07. The molecule has 1 nitrogen and oxygen atoms in total. The number of hydrogen-bond donors (Lipinski definition) is 1.